The van der Waals surface area contributed by atoms with Crippen molar-refractivity contribution in [1.29, 1.82) is 0 Å². The number of amides is 1. The number of hydrogen-bond acceptors (Lipinski definition) is 4. The number of aliphatic hydroxyl groups is 1. The van der Waals surface area contributed by atoms with E-state index >= 15 is 0 Å². The summed E-state index contributed by atoms with van der Waals surface area (Å²) in [5.74, 6) is 0.521. The minimum Gasteiger partial charge on any atom is -0.396 e. The second-order valence-electron chi connectivity index (χ2n) is 7.36. The molecule has 0 spiro atoms. The van der Waals surface area contributed by atoms with Crippen LogP contribution in [0.5, 0.6) is 0 Å². The molecule has 1 N–H and O–H groups in total. The largest absolute Gasteiger partial charge is 0.396 e. The molecule has 25 heavy (non-hydrogen) atoms. The van der Waals surface area contributed by atoms with Gasteiger partial charge in [-0.05, 0) is 49.3 Å². The second-order valence-corrected chi connectivity index (χ2v) is 7.36. The van der Waals surface area contributed by atoms with Gasteiger partial charge in [-0.15, -0.1) is 0 Å². The zero-order valence-corrected chi connectivity index (χ0v) is 15.2. The predicted molar refractivity (Wildman–Crippen MR) is 97.5 cm³/mol. The van der Waals surface area contributed by atoms with Crippen LogP contribution in [0.2, 0.25) is 0 Å². The normalized spacial score (nSPS) is 24.9. The number of carbonyl (C=O) groups is 1. The standard InChI is InChI=1S/C20H30N2O3/c1-21(19-7-5-16(15-23)6-8-19)20(24)18-4-2-3-17(13-18)14-22-9-11-25-12-10-22/h2-4,13,16,19,23H,5-12,14-15H2,1H3. The average Bonchev–Trinajstić information content (AvgIpc) is 2.68. The number of hydrogen-bond donors (Lipinski definition) is 1. The first-order valence-corrected chi connectivity index (χ1v) is 9.44. The average molecular weight is 346 g/mol. The van der Waals surface area contributed by atoms with Crippen LogP contribution >= 0.6 is 0 Å². The lowest BCUT2D eigenvalue weighted by Gasteiger charge is -2.34. The van der Waals surface area contributed by atoms with Crippen LogP contribution in [0.15, 0.2) is 24.3 Å². The topological polar surface area (TPSA) is 53.0 Å². The third-order valence-corrected chi connectivity index (χ3v) is 5.63. The lowest BCUT2D eigenvalue weighted by atomic mass is 9.86. The van der Waals surface area contributed by atoms with Gasteiger partial charge in [-0.2, -0.15) is 0 Å². The van der Waals surface area contributed by atoms with Gasteiger partial charge in [-0.25, -0.2) is 0 Å². The van der Waals surface area contributed by atoms with Crippen molar-refractivity contribution < 1.29 is 14.6 Å². The zero-order chi connectivity index (χ0) is 17.6. The fourth-order valence-electron chi connectivity index (χ4n) is 3.90. The quantitative estimate of drug-likeness (QED) is 0.888. The molecular weight excluding hydrogens is 316 g/mol. The van der Waals surface area contributed by atoms with Crippen LogP contribution in [-0.4, -0.2) is 66.8 Å². The second kappa shape index (κ2) is 8.79. The van der Waals surface area contributed by atoms with Crippen LogP contribution in [0.4, 0.5) is 0 Å². The Morgan fingerprint density at radius 2 is 1.96 bits per heavy atom. The number of rotatable bonds is 5. The molecule has 5 heteroatoms. The number of benzene rings is 1. The summed E-state index contributed by atoms with van der Waals surface area (Å²) in [6.07, 6.45) is 3.99. The van der Waals surface area contributed by atoms with E-state index in [-0.39, 0.29) is 18.6 Å². The Morgan fingerprint density at radius 1 is 1.24 bits per heavy atom. The summed E-state index contributed by atoms with van der Waals surface area (Å²) in [6, 6.07) is 8.32. The molecule has 1 saturated carbocycles. The summed E-state index contributed by atoms with van der Waals surface area (Å²) in [6.45, 7) is 4.62. The fourth-order valence-corrected chi connectivity index (χ4v) is 3.90. The Morgan fingerprint density at radius 3 is 2.64 bits per heavy atom. The van der Waals surface area contributed by atoms with Crippen LogP contribution in [0, 0.1) is 5.92 Å². The molecule has 2 fully saturated rings. The van der Waals surface area contributed by atoms with Crippen LogP contribution in [0.3, 0.4) is 0 Å². The number of aliphatic hydroxyl groups excluding tert-OH is 1. The van der Waals surface area contributed by atoms with Crippen molar-refractivity contribution in [2.45, 2.75) is 38.3 Å². The Bertz CT molecular complexity index is 564. The molecule has 3 rings (SSSR count). The first kappa shape index (κ1) is 18.4. The SMILES string of the molecule is CN(C(=O)c1cccc(CN2CCOCC2)c1)C1CCC(CO)CC1. The van der Waals surface area contributed by atoms with Gasteiger partial charge in [-0.1, -0.05) is 12.1 Å². The summed E-state index contributed by atoms with van der Waals surface area (Å²) >= 11 is 0. The van der Waals surface area contributed by atoms with Crippen molar-refractivity contribution in [2.24, 2.45) is 5.92 Å². The first-order chi connectivity index (χ1) is 12.2. The van der Waals surface area contributed by atoms with Gasteiger partial charge >= 0.3 is 0 Å². The molecule has 138 valence electrons. The third kappa shape index (κ3) is 4.81. The van der Waals surface area contributed by atoms with E-state index < -0.39 is 0 Å². The summed E-state index contributed by atoms with van der Waals surface area (Å²) in [5.41, 5.74) is 1.96. The Kier molecular flexibility index (Phi) is 6.45. The number of ether oxygens (including phenoxy) is 1. The fraction of sp³-hybridized carbons (Fsp3) is 0.650. The van der Waals surface area contributed by atoms with Crippen LogP contribution in [0.1, 0.15) is 41.6 Å². The van der Waals surface area contributed by atoms with Gasteiger partial charge in [0.15, 0.2) is 0 Å². The van der Waals surface area contributed by atoms with E-state index in [2.05, 4.69) is 11.0 Å². The molecule has 0 radical (unpaired) electrons. The van der Waals surface area contributed by atoms with E-state index in [1.165, 1.54) is 5.56 Å². The molecule has 0 atom stereocenters. The molecule has 0 unspecified atom stereocenters. The van der Waals surface area contributed by atoms with E-state index in [1.807, 2.05) is 30.1 Å². The van der Waals surface area contributed by atoms with Crippen molar-refractivity contribution in [1.82, 2.24) is 9.80 Å². The number of nitrogens with zero attached hydrogens (tertiary/aromatic N) is 2. The Labute approximate surface area is 150 Å². The molecule has 1 aromatic rings. The lowest BCUT2D eigenvalue weighted by Crippen LogP contribution is -2.40. The molecule has 1 aromatic carbocycles. The minimum atomic E-state index is 0.108. The molecule has 2 aliphatic rings. The molecule has 1 aliphatic carbocycles. The predicted octanol–water partition coefficient (Wildman–Crippen LogP) is 2.14. The van der Waals surface area contributed by atoms with Crippen molar-refractivity contribution in [2.75, 3.05) is 40.0 Å². The lowest BCUT2D eigenvalue weighted by molar-refractivity contribution is 0.0341. The van der Waals surface area contributed by atoms with Gasteiger partial charge in [0.1, 0.15) is 0 Å². The molecule has 1 heterocycles. The third-order valence-electron chi connectivity index (χ3n) is 5.63. The summed E-state index contributed by atoms with van der Waals surface area (Å²) in [7, 11) is 1.92. The van der Waals surface area contributed by atoms with E-state index in [0.717, 1.165) is 64.1 Å². The van der Waals surface area contributed by atoms with Gasteiger partial charge < -0.3 is 14.7 Å². The van der Waals surface area contributed by atoms with Gasteiger partial charge in [0, 0.05) is 44.9 Å². The highest BCUT2D eigenvalue weighted by molar-refractivity contribution is 5.94. The Balaban J connectivity index is 1.60. The smallest absolute Gasteiger partial charge is 0.253 e. The number of carbonyl (C=O) groups excluding carboxylic acids is 1. The zero-order valence-electron chi connectivity index (χ0n) is 15.2. The van der Waals surface area contributed by atoms with Crippen LogP contribution < -0.4 is 0 Å². The highest BCUT2D eigenvalue weighted by Gasteiger charge is 2.26. The Hall–Kier alpha value is -1.43. The molecule has 0 aromatic heterocycles. The summed E-state index contributed by atoms with van der Waals surface area (Å²) in [5, 5.41) is 9.28. The maximum absolute atomic E-state index is 12.9. The molecular formula is C20H30N2O3. The monoisotopic (exact) mass is 346 g/mol. The molecule has 1 amide bonds. The van der Waals surface area contributed by atoms with E-state index in [0.29, 0.717) is 5.92 Å². The van der Waals surface area contributed by atoms with Crippen molar-refractivity contribution in [3.63, 3.8) is 0 Å². The van der Waals surface area contributed by atoms with Crippen molar-refractivity contribution >= 4 is 5.91 Å². The highest BCUT2D eigenvalue weighted by Crippen LogP contribution is 2.27. The molecule has 0 bridgehead atoms. The minimum absolute atomic E-state index is 0.108. The first-order valence-electron chi connectivity index (χ1n) is 9.44. The van der Waals surface area contributed by atoms with E-state index in [4.69, 9.17) is 4.74 Å². The highest BCUT2D eigenvalue weighted by atomic mass is 16.5. The van der Waals surface area contributed by atoms with E-state index in [9.17, 15) is 9.90 Å². The summed E-state index contributed by atoms with van der Waals surface area (Å²) in [4.78, 5) is 17.2. The molecule has 1 saturated heterocycles. The number of morpholine rings is 1. The van der Waals surface area contributed by atoms with Gasteiger partial charge in [0.25, 0.3) is 5.91 Å². The van der Waals surface area contributed by atoms with Crippen molar-refractivity contribution in [3.05, 3.63) is 35.4 Å². The van der Waals surface area contributed by atoms with Crippen LogP contribution in [-0.2, 0) is 11.3 Å². The molecule has 1 aliphatic heterocycles. The molecule has 5 nitrogen and oxygen atoms in total. The van der Waals surface area contributed by atoms with Gasteiger partial charge in [0.05, 0.1) is 13.2 Å². The van der Waals surface area contributed by atoms with Crippen LogP contribution in [0.25, 0.3) is 0 Å². The van der Waals surface area contributed by atoms with E-state index in [1.54, 1.807) is 0 Å². The van der Waals surface area contributed by atoms with Gasteiger partial charge in [0.2, 0.25) is 0 Å². The summed E-state index contributed by atoms with van der Waals surface area (Å²) < 4.78 is 5.40. The maximum Gasteiger partial charge on any atom is 0.253 e. The maximum atomic E-state index is 12.9. The van der Waals surface area contributed by atoms with Crippen molar-refractivity contribution in [3.8, 4) is 0 Å². The van der Waals surface area contributed by atoms with Gasteiger partial charge in [-0.3, -0.25) is 9.69 Å².